The fourth-order valence-electron chi connectivity index (χ4n) is 1.49. The molecule has 8 heteroatoms. The number of ether oxygens (including phenoxy) is 3. The van der Waals surface area contributed by atoms with Crippen molar-refractivity contribution in [1.29, 1.82) is 0 Å². The van der Waals surface area contributed by atoms with Gasteiger partial charge in [0.2, 0.25) is 0 Å². The summed E-state index contributed by atoms with van der Waals surface area (Å²) < 4.78 is 28.5. The van der Waals surface area contributed by atoms with Crippen LogP contribution in [-0.2, 0) is 9.47 Å². The summed E-state index contributed by atoms with van der Waals surface area (Å²) in [4.78, 5) is 10.0. The Labute approximate surface area is 115 Å². The molecule has 112 valence electrons. The third kappa shape index (κ3) is 4.63. The highest BCUT2D eigenvalue weighted by Gasteiger charge is 2.18. The number of nitrogens with zero attached hydrogens (tertiary/aromatic N) is 1. The van der Waals surface area contributed by atoms with E-state index in [9.17, 15) is 14.5 Å². The number of halogens is 1. The number of benzene rings is 1. The Morgan fingerprint density at radius 1 is 1.30 bits per heavy atom. The van der Waals surface area contributed by atoms with Crippen LogP contribution >= 0.6 is 0 Å². The normalized spacial score (nSPS) is 10.3. The number of nitrogens with one attached hydrogen (secondary N) is 1. The number of nitro groups is 1. The zero-order valence-electron chi connectivity index (χ0n) is 11.3. The number of nitro benzene ring substituents is 1. The Bertz CT molecular complexity index is 456. The first kappa shape index (κ1) is 16.1. The topological polar surface area (TPSA) is 82.9 Å². The first-order valence-electron chi connectivity index (χ1n) is 5.92. The maximum absolute atomic E-state index is 13.7. The van der Waals surface area contributed by atoms with Crippen molar-refractivity contribution in [3.63, 3.8) is 0 Å². The molecule has 0 aliphatic rings. The lowest BCUT2D eigenvalue weighted by molar-refractivity contribution is -0.385. The lowest BCUT2D eigenvalue weighted by Crippen LogP contribution is -2.13. The van der Waals surface area contributed by atoms with E-state index in [0.717, 1.165) is 6.07 Å². The van der Waals surface area contributed by atoms with Gasteiger partial charge in [-0.1, -0.05) is 0 Å². The van der Waals surface area contributed by atoms with Crippen molar-refractivity contribution in [3.05, 3.63) is 28.1 Å². The molecule has 1 aromatic rings. The van der Waals surface area contributed by atoms with Gasteiger partial charge in [0.05, 0.1) is 43.6 Å². The molecule has 1 rings (SSSR count). The average molecular weight is 288 g/mol. The smallest absolute Gasteiger partial charge is 0.313 e. The summed E-state index contributed by atoms with van der Waals surface area (Å²) in [5.74, 6) is -0.714. The minimum absolute atomic E-state index is 0.000739. The zero-order valence-corrected chi connectivity index (χ0v) is 11.3. The maximum atomic E-state index is 13.7. The molecule has 0 radical (unpaired) electrons. The monoisotopic (exact) mass is 288 g/mol. The number of hydrogen-bond acceptors (Lipinski definition) is 6. The summed E-state index contributed by atoms with van der Waals surface area (Å²) in [5, 5.41) is 13.5. The van der Waals surface area contributed by atoms with E-state index in [0.29, 0.717) is 26.4 Å². The second kappa shape index (κ2) is 8.28. The second-order valence-corrected chi connectivity index (χ2v) is 3.79. The molecule has 0 aliphatic carbocycles. The summed E-state index contributed by atoms with van der Waals surface area (Å²) in [6.07, 6.45) is 0. The highest BCUT2D eigenvalue weighted by molar-refractivity contribution is 5.59. The van der Waals surface area contributed by atoms with Gasteiger partial charge in [0.1, 0.15) is 0 Å². The van der Waals surface area contributed by atoms with Gasteiger partial charge in [-0.3, -0.25) is 10.1 Å². The first-order chi connectivity index (χ1) is 9.60. The van der Waals surface area contributed by atoms with Crippen LogP contribution in [0.4, 0.5) is 15.8 Å². The van der Waals surface area contributed by atoms with Crippen LogP contribution in [0.2, 0.25) is 0 Å². The summed E-state index contributed by atoms with van der Waals surface area (Å²) in [6, 6.07) is 2.08. The first-order valence-corrected chi connectivity index (χ1v) is 5.92. The van der Waals surface area contributed by atoms with E-state index in [4.69, 9.17) is 14.2 Å². The largest absolute Gasteiger partial charge is 0.490 e. The summed E-state index contributed by atoms with van der Waals surface area (Å²) >= 11 is 0. The van der Waals surface area contributed by atoms with Crippen molar-refractivity contribution in [2.75, 3.05) is 45.9 Å². The van der Waals surface area contributed by atoms with E-state index in [1.54, 1.807) is 7.11 Å². The molecule has 0 fully saturated rings. The number of methoxy groups -OCH3 is 2. The molecule has 0 amide bonds. The quantitative estimate of drug-likeness (QED) is 0.424. The highest BCUT2D eigenvalue weighted by Crippen LogP contribution is 2.32. The maximum Gasteiger partial charge on any atom is 0.313 e. The van der Waals surface area contributed by atoms with Crippen LogP contribution in [0.15, 0.2) is 12.1 Å². The summed E-state index contributed by atoms with van der Waals surface area (Å²) in [7, 11) is 2.86. The van der Waals surface area contributed by atoms with Crippen LogP contribution in [0.3, 0.4) is 0 Å². The lowest BCUT2D eigenvalue weighted by atomic mass is 10.2. The molecule has 0 aliphatic heterocycles. The van der Waals surface area contributed by atoms with Crippen molar-refractivity contribution < 1.29 is 23.5 Å². The van der Waals surface area contributed by atoms with Gasteiger partial charge in [0, 0.05) is 19.7 Å². The second-order valence-electron chi connectivity index (χ2n) is 3.79. The fourth-order valence-corrected chi connectivity index (χ4v) is 1.49. The molecule has 1 aromatic carbocycles. The molecule has 0 saturated carbocycles. The molecule has 20 heavy (non-hydrogen) atoms. The van der Waals surface area contributed by atoms with Gasteiger partial charge in [-0.15, -0.1) is 0 Å². The molecular formula is C12H17FN2O5. The Morgan fingerprint density at radius 2 is 2.05 bits per heavy atom. The van der Waals surface area contributed by atoms with Crippen molar-refractivity contribution in [2.24, 2.45) is 0 Å². The predicted molar refractivity (Wildman–Crippen MR) is 70.8 cm³/mol. The van der Waals surface area contributed by atoms with E-state index in [1.807, 2.05) is 0 Å². The molecule has 0 atom stereocenters. The van der Waals surface area contributed by atoms with Crippen molar-refractivity contribution >= 4 is 11.4 Å². The Kier molecular flexibility index (Phi) is 6.68. The Hall–Kier alpha value is -1.93. The molecule has 7 nitrogen and oxygen atoms in total. The predicted octanol–water partition coefficient (Wildman–Crippen LogP) is 1.82. The molecular weight excluding hydrogens is 271 g/mol. The molecule has 0 aromatic heterocycles. The summed E-state index contributed by atoms with van der Waals surface area (Å²) in [6.45, 7) is 1.66. The van der Waals surface area contributed by atoms with Crippen LogP contribution in [0.5, 0.6) is 5.75 Å². The van der Waals surface area contributed by atoms with E-state index in [-0.39, 0.29) is 11.4 Å². The molecule has 0 spiro atoms. The van der Waals surface area contributed by atoms with Crippen LogP contribution in [-0.4, -0.2) is 45.5 Å². The van der Waals surface area contributed by atoms with E-state index in [2.05, 4.69) is 5.32 Å². The minimum Gasteiger partial charge on any atom is -0.490 e. The average Bonchev–Trinajstić information content (AvgIpc) is 2.43. The fraction of sp³-hybridized carbons (Fsp3) is 0.500. The highest BCUT2D eigenvalue weighted by atomic mass is 19.1. The Balaban J connectivity index is 2.60. The Morgan fingerprint density at radius 3 is 2.65 bits per heavy atom. The van der Waals surface area contributed by atoms with Crippen LogP contribution in [0.1, 0.15) is 0 Å². The van der Waals surface area contributed by atoms with Gasteiger partial charge in [-0.25, -0.2) is 4.39 Å². The number of anilines is 1. The van der Waals surface area contributed by atoms with Crippen molar-refractivity contribution in [3.8, 4) is 5.75 Å². The minimum atomic E-state index is -0.714. The molecule has 0 heterocycles. The van der Waals surface area contributed by atoms with Gasteiger partial charge in [0.25, 0.3) is 0 Å². The van der Waals surface area contributed by atoms with Crippen molar-refractivity contribution in [1.82, 2.24) is 0 Å². The number of hydrogen-bond donors (Lipinski definition) is 1. The zero-order chi connectivity index (χ0) is 15.0. The van der Waals surface area contributed by atoms with Crippen molar-refractivity contribution in [2.45, 2.75) is 0 Å². The van der Waals surface area contributed by atoms with Gasteiger partial charge < -0.3 is 19.5 Å². The number of rotatable bonds is 9. The molecule has 0 saturated heterocycles. The van der Waals surface area contributed by atoms with Gasteiger partial charge in [-0.2, -0.15) is 0 Å². The third-order valence-electron chi connectivity index (χ3n) is 2.46. The van der Waals surface area contributed by atoms with Gasteiger partial charge >= 0.3 is 5.69 Å². The molecule has 1 N–H and O–H groups in total. The van der Waals surface area contributed by atoms with Crippen LogP contribution in [0, 0.1) is 15.9 Å². The van der Waals surface area contributed by atoms with Gasteiger partial charge in [-0.05, 0) is 0 Å². The van der Waals surface area contributed by atoms with Crippen LogP contribution in [0.25, 0.3) is 0 Å². The van der Waals surface area contributed by atoms with E-state index >= 15 is 0 Å². The van der Waals surface area contributed by atoms with Gasteiger partial charge in [0.15, 0.2) is 11.6 Å². The SMILES string of the molecule is COCCOCCNc1cc(OC)c([N+](=O)[O-])cc1F. The summed E-state index contributed by atoms with van der Waals surface area (Å²) in [5.41, 5.74) is -0.283. The molecule has 0 bridgehead atoms. The standard InChI is InChI=1S/C12H17FN2O5/c1-18-5-6-20-4-3-14-10-8-12(19-2)11(15(16)17)7-9(10)13/h7-8,14H,3-6H2,1-2H3. The molecule has 0 unspecified atom stereocenters. The third-order valence-corrected chi connectivity index (χ3v) is 2.46. The lowest BCUT2D eigenvalue weighted by Gasteiger charge is -2.10. The van der Waals surface area contributed by atoms with Crippen LogP contribution < -0.4 is 10.1 Å². The van der Waals surface area contributed by atoms with E-state index < -0.39 is 16.4 Å². The van der Waals surface area contributed by atoms with E-state index in [1.165, 1.54) is 13.2 Å².